The van der Waals surface area contributed by atoms with E-state index in [1.54, 1.807) is 11.3 Å². The van der Waals surface area contributed by atoms with Crippen LogP contribution in [-0.2, 0) is 6.54 Å². The second-order valence-corrected chi connectivity index (χ2v) is 6.20. The maximum Gasteiger partial charge on any atom is 0.137 e. The van der Waals surface area contributed by atoms with E-state index in [1.165, 1.54) is 0 Å². The molecule has 0 unspecified atom stereocenters. The third-order valence-corrected chi connectivity index (χ3v) is 4.23. The summed E-state index contributed by atoms with van der Waals surface area (Å²) >= 11 is 5.15. The second kappa shape index (κ2) is 4.25. The van der Waals surface area contributed by atoms with Gasteiger partial charge >= 0.3 is 0 Å². The number of thiophene rings is 1. The zero-order valence-corrected chi connectivity index (χ0v) is 11.3. The summed E-state index contributed by atoms with van der Waals surface area (Å²) in [5.41, 5.74) is 8.65. The van der Waals surface area contributed by atoms with Crippen LogP contribution in [0.2, 0.25) is 0 Å². The van der Waals surface area contributed by atoms with Gasteiger partial charge in [-0.25, -0.2) is 4.98 Å². The molecule has 0 aliphatic rings. The van der Waals surface area contributed by atoms with Crippen molar-refractivity contribution in [2.45, 2.75) is 6.54 Å². The molecule has 0 spiro atoms. The number of hydrogen-bond donors (Lipinski definition) is 1. The highest BCUT2D eigenvalue weighted by atomic mass is 79.9. The van der Waals surface area contributed by atoms with Crippen molar-refractivity contribution in [1.29, 1.82) is 0 Å². The van der Waals surface area contributed by atoms with Crippen LogP contribution >= 0.6 is 27.3 Å². The zero-order valence-electron chi connectivity index (χ0n) is 8.93. The molecule has 2 N–H and O–H groups in total. The van der Waals surface area contributed by atoms with Gasteiger partial charge in [-0.15, -0.1) is 11.3 Å². The molecule has 0 saturated heterocycles. The van der Waals surface area contributed by atoms with E-state index in [1.807, 2.05) is 35.0 Å². The number of nitrogens with zero attached hydrogens (tertiary/aromatic N) is 2. The van der Waals surface area contributed by atoms with Crippen LogP contribution in [0.25, 0.3) is 16.2 Å². The number of pyridine rings is 1. The second-order valence-electron chi connectivity index (χ2n) is 3.73. The molecule has 17 heavy (non-hydrogen) atoms. The largest absolute Gasteiger partial charge is 0.326 e. The van der Waals surface area contributed by atoms with Crippen molar-refractivity contribution in [1.82, 2.24) is 9.38 Å². The van der Waals surface area contributed by atoms with Crippen LogP contribution in [-0.4, -0.2) is 9.38 Å². The number of halogens is 1. The maximum atomic E-state index is 5.62. The molecule has 3 aromatic rings. The molecular formula is C12H10BrN3S. The summed E-state index contributed by atoms with van der Waals surface area (Å²) in [7, 11) is 0. The normalized spacial score (nSPS) is 11.2. The van der Waals surface area contributed by atoms with Gasteiger partial charge in [0.2, 0.25) is 0 Å². The number of rotatable bonds is 2. The van der Waals surface area contributed by atoms with Crippen molar-refractivity contribution in [3.63, 3.8) is 0 Å². The Kier molecular flexibility index (Phi) is 2.74. The van der Waals surface area contributed by atoms with Gasteiger partial charge in [0.1, 0.15) is 5.65 Å². The van der Waals surface area contributed by atoms with Crippen LogP contribution in [0.3, 0.4) is 0 Å². The highest BCUT2D eigenvalue weighted by Crippen LogP contribution is 2.30. The fraction of sp³-hybridized carbons (Fsp3) is 0.0833. The molecule has 0 aliphatic carbocycles. The molecule has 86 valence electrons. The summed E-state index contributed by atoms with van der Waals surface area (Å²) in [6.45, 7) is 0.545. The van der Waals surface area contributed by atoms with Crippen molar-refractivity contribution in [2.75, 3.05) is 0 Å². The van der Waals surface area contributed by atoms with Gasteiger partial charge in [-0.3, -0.25) is 0 Å². The van der Waals surface area contributed by atoms with E-state index < -0.39 is 0 Å². The van der Waals surface area contributed by atoms with Crippen molar-refractivity contribution in [3.8, 4) is 10.6 Å². The lowest BCUT2D eigenvalue weighted by Crippen LogP contribution is -1.96. The van der Waals surface area contributed by atoms with Crippen LogP contribution in [0.4, 0.5) is 0 Å². The van der Waals surface area contributed by atoms with E-state index in [0.29, 0.717) is 6.54 Å². The van der Waals surface area contributed by atoms with Crippen LogP contribution < -0.4 is 5.73 Å². The SMILES string of the molecule is NCc1ccn2cc(-c3ccc(Br)s3)nc2c1. The molecule has 3 aromatic heterocycles. The Hall–Kier alpha value is -1.17. The van der Waals surface area contributed by atoms with E-state index in [2.05, 4.69) is 27.0 Å². The summed E-state index contributed by atoms with van der Waals surface area (Å²) in [4.78, 5) is 5.76. The van der Waals surface area contributed by atoms with Gasteiger partial charge in [-0.2, -0.15) is 0 Å². The van der Waals surface area contributed by atoms with Gasteiger partial charge in [-0.05, 0) is 45.8 Å². The topological polar surface area (TPSA) is 43.3 Å². The van der Waals surface area contributed by atoms with Crippen molar-refractivity contribution in [3.05, 3.63) is 46.0 Å². The third-order valence-electron chi connectivity index (χ3n) is 2.59. The monoisotopic (exact) mass is 307 g/mol. The van der Waals surface area contributed by atoms with Crippen LogP contribution in [0.1, 0.15) is 5.56 Å². The first kappa shape index (κ1) is 11.0. The van der Waals surface area contributed by atoms with Gasteiger partial charge < -0.3 is 10.1 Å². The standard InChI is InChI=1S/C12H10BrN3S/c13-11-2-1-10(17-11)9-7-16-4-3-8(6-14)5-12(16)15-9/h1-5,7H,6,14H2. The van der Waals surface area contributed by atoms with Crippen molar-refractivity contribution >= 4 is 32.9 Å². The minimum absolute atomic E-state index is 0.545. The van der Waals surface area contributed by atoms with E-state index in [-0.39, 0.29) is 0 Å². The summed E-state index contributed by atoms with van der Waals surface area (Å²) in [5, 5.41) is 0. The first-order chi connectivity index (χ1) is 8.26. The number of hydrogen-bond acceptors (Lipinski definition) is 3. The predicted octanol–water partition coefficient (Wildman–Crippen LogP) is 3.28. The van der Waals surface area contributed by atoms with Crippen LogP contribution in [0, 0.1) is 0 Å². The zero-order chi connectivity index (χ0) is 11.8. The van der Waals surface area contributed by atoms with E-state index in [0.717, 1.165) is 25.6 Å². The highest BCUT2D eigenvalue weighted by Gasteiger charge is 2.06. The van der Waals surface area contributed by atoms with Gasteiger partial charge in [0.05, 0.1) is 14.4 Å². The highest BCUT2D eigenvalue weighted by molar-refractivity contribution is 9.11. The molecule has 3 nitrogen and oxygen atoms in total. The lowest BCUT2D eigenvalue weighted by Gasteiger charge is -1.96. The lowest BCUT2D eigenvalue weighted by molar-refractivity contribution is 1.05. The third kappa shape index (κ3) is 2.01. The lowest BCUT2D eigenvalue weighted by atomic mass is 10.3. The Morgan fingerprint density at radius 3 is 2.94 bits per heavy atom. The predicted molar refractivity (Wildman–Crippen MR) is 74.1 cm³/mol. The molecule has 3 heterocycles. The molecule has 0 amide bonds. The summed E-state index contributed by atoms with van der Waals surface area (Å²) in [5.74, 6) is 0. The minimum atomic E-state index is 0.545. The first-order valence-electron chi connectivity index (χ1n) is 5.19. The number of nitrogens with two attached hydrogens (primary N) is 1. The molecule has 3 rings (SSSR count). The fourth-order valence-corrected chi connectivity index (χ4v) is 3.06. The number of imidazole rings is 1. The van der Waals surface area contributed by atoms with E-state index >= 15 is 0 Å². The van der Waals surface area contributed by atoms with Gasteiger partial charge in [0.15, 0.2) is 0 Å². The Balaban J connectivity index is 2.13. The molecule has 0 atom stereocenters. The van der Waals surface area contributed by atoms with Crippen molar-refractivity contribution in [2.24, 2.45) is 5.73 Å². The Labute approximate surface area is 111 Å². The van der Waals surface area contributed by atoms with Crippen molar-refractivity contribution < 1.29 is 0 Å². The number of fused-ring (bicyclic) bond motifs is 1. The fourth-order valence-electron chi connectivity index (χ4n) is 1.72. The maximum absolute atomic E-state index is 5.62. The van der Waals surface area contributed by atoms with E-state index in [9.17, 15) is 0 Å². The number of aromatic nitrogens is 2. The van der Waals surface area contributed by atoms with Gasteiger partial charge in [0.25, 0.3) is 0 Å². The first-order valence-corrected chi connectivity index (χ1v) is 6.80. The molecule has 0 radical (unpaired) electrons. The average Bonchev–Trinajstić information content (AvgIpc) is 2.93. The molecule has 0 bridgehead atoms. The molecular weight excluding hydrogens is 298 g/mol. The Morgan fingerprint density at radius 2 is 2.24 bits per heavy atom. The molecule has 0 saturated carbocycles. The van der Waals surface area contributed by atoms with Gasteiger partial charge in [-0.1, -0.05) is 0 Å². The Morgan fingerprint density at radius 1 is 1.35 bits per heavy atom. The summed E-state index contributed by atoms with van der Waals surface area (Å²) in [6, 6.07) is 8.14. The van der Waals surface area contributed by atoms with Gasteiger partial charge in [0, 0.05) is 18.9 Å². The average molecular weight is 308 g/mol. The van der Waals surface area contributed by atoms with Crippen LogP contribution in [0.15, 0.2) is 40.4 Å². The van der Waals surface area contributed by atoms with Crippen LogP contribution in [0.5, 0.6) is 0 Å². The smallest absolute Gasteiger partial charge is 0.137 e. The minimum Gasteiger partial charge on any atom is -0.326 e. The molecule has 0 aliphatic heterocycles. The summed E-state index contributed by atoms with van der Waals surface area (Å²) < 4.78 is 3.13. The molecule has 0 aromatic carbocycles. The molecule has 0 fully saturated rings. The Bertz CT molecular complexity index is 671. The quantitative estimate of drug-likeness (QED) is 0.789. The molecule has 5 heteroatoms. The summed E-state index contributed by atoms with van der Waals surface area (Å²) in [6.07, 6.45) is 4.03. The van der Waals surface area contributed by atoms with E-state index in [4.69, 9.17) is 5.73 Å².